The molecule has 0 spiro atoms. The standard InChI is InChI=1S/C20H27N3O8/c24-11-15-17(27)18(28)19(29)20(31-15)23-10-14(21-22-23)12-5-4-6-13(9-12)30-8-3-1-2-7-16(25)26/h4-6,9-10,15,17-20,24,27-29H,1-3,7-8,11H2,(H,25,26)/t15-,17-,18+,19+,20+/m1/s1. The highest BCUT2D eigenvalue weighted by atomic mass is 16.6. The number of ether oxygens (including phenoxy) is 2. The maximum Gasteiger partial charge on any atom is 0.303 e. The van der Waals surface area contributed by atoms with Crippen molar-refractivity contribution in [1.29, 1.82) is 0 Å². The van der Waals surface area contributed by atoms with E-state index < -0.39 is 43.2 Å². The highest BCUT2D eigenvalue weighted by Gasteiger charge is 2.44. The molecule has 0 bridgehead atoms. The molecule has 11 heteroatoms. The van der Waals surface area contributed by atoms with Gasteiger partial charge >= 0.3 is 5.97 Å². The monoisotopic (exact) mass is 437 g/mol. The topological polar surface area (TPSA) is 167 Å². The van der Waals surface area contributed by atoms with Crippen LogP contribution in [0.15, 0.2) is 30.5 Å². The molecule has 1 aliphatic heterocycles. The Balaban J connectivity index is 1.62. The molecular weight excluding hydrogens is 410 g/mol. The third-order valence-corrected chi connectivity index (χ3v) is 5.07. The van der Waals surface area contributed by atoms with Gasteiger partial charge in [0, 0.05) is 12.0 Å². The lowest BCUT2D eigenvalue weighted by Crippen LogP contribution is -2.56. The van der Waals surface area contributed by atoms with Crippen molar-refractivity contribution in [2.45, 2.75) is 56.3 Å². The second-order valence-electron chi connectivity index (χ2n) is 7.38. The Morgan fingerprint density at radius 3 is 2.68 bits per heavy atom. The van der Waals surface area contributed by atoms with Gasteiger partial charge in [0.2, 0.25) is 0 Å². The van der Waals surface area contributed by atoms with Crippen molar-refractivity contribution >= 4 is 5.97 Å². The van der Waals surface area contributed by atoms with Crippen LogP contribution >= 0.6 is 0 Å². The molecular formula is C20H27N3O8. The minimum Gasteiger partial charge on any atom is -0.494 e. The first-order valence-electron chi connectivity index (χ1n) is 10.1. The van der Waals surface area contributed by atoms with E-state index in [4.69, 9.17) is 14.6 Å². The van der Waals surface area contributed by atoms with Crippen LogP contribution in [0.4, 0.5) is 0 Å². The van der Waals surface area contributed by atoms with Gasteiger partial charge in [0.1, 0.15) is 35.9 Å². The summed E-state index contributed by atoms with van der Waals surface area (Å²) in [6.45, 7) is -0.0701. The second kappa shape index (κ2) is 10.6. The summed E-state index contributed by atoms with van der Waals surface area (Å²) in [6, 6.07) is 7.17. The Morgan fingerprint density at radius 1 is 1.13 bits per heavy atom. The van der Waals surface area contributed by atoms with E-state index in [1.807, 2.05) is 0 Å². The van der Waals surface area contributed by atoms with Crippen LogP contribution < -0.4 is 4.74 Å². The second-order valence-corrected chi connectivity index (χ2v) is 7.38. The number of hydrogen-bond acceptors (Lipinski definition) is 9. The fourth-order valence-electron chi connectivity index (χ4n) is 3.32. The summed E-state index contributed by atoms with van der Waals surface area (Å²) in [5.74, 6) is -0.177. The summed E-state index contributed by atoms with van der Waals surface area (Å²) in [7, 11) is 0. The molecule has 31 heavy (non-hydrogen) atoms. The van der Waals surface area contributed by atoms with E-state index in [-0.39, 0.29) is 6.42 Å². The zero-order valence-electron chi connectivity index (χ0n) is 16.8. The Morgan fingerprint density at radius 2 is 1.94 bits per heavy atom. The number of hydrogen-bond donors (Lipinski definition) is 5. The van der Waals surface area contributed by atoms with Crippen LogP contribution in [-0.4, -0.2) is 84.1 Å². The molecule has 2 heterocycles. The highest BCUT2D eigenvalue weighted by molar-refractivity contribution is 5.66. The van der Waals surface area contributed by atoms with Crippen molar-refractivity contribution in [3.63, 3.8) is 0 Å². The predicted molar refractivity (Wildman–Crippen MR) is 106 cm³/mol. The van der Waals surface area contributed by atoms with Crippen molar-refractivity contribution < 1.29 is 39.8 Å². The van der Waals surface area contributed by atoms with Crippen LogP contribution in [0.1, 0.15) is 31.9 Å². The third-order valence-electron chi connectivity index (χ3n) is 5.07. The number of aliphatic hydroxyl groups is 4. The number of aliphatic carboxylic acids is 1. The quantitative estimate of drug-likeness (QED) is 0.318. The number of aliphatic hydroxyl groups excluding tert-OH is 4. The normalized spacial score (nSPS) is 26.0. The van der Waals surface area contributed by atoms with Gasteiger partial charge in [0.15, 0.2) is 6.23 Å². The zero-order valence-corrected chi connectivity index (χ0v) is 16.8. The molecule has 3 rings (SSSR count). The molecule has 1 aliphatic rings. The molecule has 1 aromatic carbocycles. The zero-order chi connectivity index (χ0) is 22.4. The predicted octanol–water partition coefficient (Wildman–Crippen LogP) is -0.0587. The lowest BCUT2D eigenvalue weighted by Gasteiger charge is -2.39. The van der Waals surface area contributed by atoms with Crippen molar-refractivity contribution in [2.75, 3.05) is 13.2 Å². The van der Waals surface area contributed by atoms with Crippen molar-refractivity contribution in [1.82, 2.24) is 15.0 Å². The van der Waals surface area contributed by atoms with Gasteiger partial charge in [-0.15, -0.1) is 5.10 Å². The Labute approximate surface area is 178 Å². The van der Waals surface area contributed by atoms with Crippen LogP contribution in [0.2, 0.25) is 0 Å². The van der Waals surface area contributed by atoms with Crippen LogP contribution in [0.5, 0.6) is 5.75 Å². The molecule has 0 unspecified atom stereocenters. The van der Waals surface area contributed by atoms with Gasteiger partial charge in [-0.25, -0.2) is 4.68 Å². The minimum atomic E-state index is -1.50. The molecule has 1 fully saturated rings. The molecule has 0 saturated carbocycles. The average molecular weight is 437 g/mol. The van der Waals surface area contributed by atoms with Crippen LogP contribution in [-0.2, 0) is 9.53 Å². The maximum atomic E-state index is 10.5. The Hall–Kier alpha value is -2.57. The number of benzene rings is 1. The van der Waals surface area contributed by atoms with Crippen molar-refractivity contribution in [3.8, 4) is 17.0 Å². The van der Waals surface area contributed by atoms with Crippen molar-refractivity contribution in [3.05, 3.63) is 30.5 Å². The third kappa shape index (κ3) is 5.77. The summed E-state index contributed by atoms with van der Waals surface area (Å²) >= 11 is 0. The fraction of sp³-hybridized carbons (Fsp3) is 0.550. The Bertz CT molecular complexity index is 858. The molecule has 0 aliphatic carbocycles. The van der Waals surface area contributed by atoms with E-state index in [2.05, 4.69) is 10.3 Å². The van der Waals surface area contributed by atoms with E-state index in [0.717, 1.165) is 12.8 Å². The number of carboxylic acid groups (broad SMARTS) is 1. The van der Waals surface area contributed by atoms with Crippen molar-refractivity contribution in [2.24, 2.45) is 0 Å². The minimum absolute atomic E-state index is 0.152. The number of aromatic nitrogens is 3. The summed E-state index contributed by atoms with van der Waals surface area (Å²) in [4.78, 5) is 10.5. The molecule has 1 saturated heterocycles. The number of nitrogens with zero attached hydrogens (tertiary/aromatic N) is 3. The van der Waals surface area contributed by atoms with Gasteiger partial charge in [-0.05, 0) is 31.4 Å². The largest absolute Gasteiger partial charge is 0.494 e. The number of carbonyl (C=O) groups is 1. The summed E-state index contributed by atoms with van der Waals surface area (Å²) in [5, 5.41) is 56.1. The van der Waals surface area contributed by atoms with Crippen LogP contribution in [0.25, 0.3) is 11.3 Å². The van der Waals surface area contributed by atoms with E-state index >= 15 is 0 Å². The first kappa shape index (κ1) is 23.1. The molecule has 1 aromatic heterocycles. The smallest absolute Gasteiger partial charge is 0.303 e. The van der Waals surface area contributed by atoms with E-state index in [1.54, 1.807) is 24.3 Å². The number of rotatable bonds is 10. The molecule has 0 amide bonds. The van der Waals surface area contributed by atoms with Crippen LogP contribution in [0.3, 0.4) is 0 Å². The Kier molecular flexibility index (Phi) is 7.93. The first-order chi connectivity index (χ1) is 14.9. The van der Waals surface area contributed by atoms with E-state index in [0.29, 0.717) is 30.0 Å². The summed E-state index contributed by atoms with van der Waals surface area (Å²) in [6.07, 6.45) is -2.78. The molecule has 0 radical (unpaired) electrons. The van der Waals surface area contributed by atoms with Gasteiger partial charge in [0.05, 0.1) is 19.4 Å². The number of carboxylic acids is 1. The van der Waals surface area contributed by atoms with E-state index in [9.17, 15) is 25.2 Å². The number of unbranched alkanes of at least 4 members (excludes halogenated alkanes) is 2. The molecule has 5 N–H and O–H groups in total. The fourth-order valence-corrected chi connectivity index (χ4v) is 3.32. The van der Waals surface area contributed by atoms with E-state index in [1.165, 1.54) is 10.9 Å². The molecule has 11 nitrogen and oxygen atoms in total. The molecule has 170 valence electrons. The van der Waals surface area contributed by atoms with Gasteiger partial charge < -0.3 is 35.0 Å². The molecule has 2 aromatic rings. The lowest BCUT2D eigenvalue weighted by molar-refractivity contribution is -0.254. The van der Waals surface area contributed by atoms with Gasteiger partial charge in [-0.2, -0.15) is 0 Å². The lowest BCUT2D eigenvalue weighted by atomic mass is 9.98. The SMILES string of the molecule is O=C(O)CCCCCOc1cccc(-c2cn([C@H]3O[C@H](CO)[C@@H](O)[C@H](O)[C@@H]3O)nn2)c1. The van der Waals surface area contributed by atoms with Crippen LogP contribution in [0, 0.1) is 0 Å². The summed E-state index contributed by atoms with van der Waals surface area (Å²) < 4.78 is 12.4. The first-order valence-corrected chi connectivity index (χ1v) is 10.1. The molecule has 5 atom stereocenters. The van der Waals surface area contributed by atoms with Gasteiger partial charge in [-0.3, -0.25) is 4.79 Å². The average Bonchev–Trinajstić information content (AvgIpc) is 3.25. The van der Waals surface area contributed by atoms with Gasteiger partial charge in [0.25, 0.3) is 0 Å². The maximum absolute atomic E-state index is 10.5. The highest BCUT2D eigenvalue weighted by Crippen LogP contribution is 2.29. The summed E-state index contributed by atoms with van der Waals surface area (Å²) in [5.41, 5.74) is 1.18. The van der Waals surface area contributed by atoms with Gasteiger partial charge in [-0.1, -0.05) is 17.3 Å².